The largest absolute Gasteiger partial charge is 0.399 e. The average molecular weight is 284 g/mol. The fourth-order valence-electron chi connectivity index (χ4n) is 3.29. The van der Waals surface area contributed by atoms with Gasteiger partial charge in [-0.05, 0) is 60.4 Å². The fraction of sp³-hybridized carbons (Fsp3) is 0.533. The van der Waals surface area contributed by atoms with Crippen molar-refractivity contribution in [3.63, 3.8) is 0 Å². The van der Waals surface area contributed by atoms with Crippen LogP contribution in [0.3, 0.4) is 0 Å². The molecule has 4 rings (SSSR count). The summed E-state index contributed by atoms with van der Waals surface area (Å²) >= 11 is 0. The van der Waals surface area contributed by atoms with E-state index in [1.807, 2.05) is 22.9 Å². The molecular formula is C15H20N6. The Bertz CT molecular complexity index is 660. The van der Waals surface area contributed by atoms with Crippen LogP contribution in [-0.4, -0.2) is 44.2 Å². The van der Waals surface area contributed by atoms with Crippen molar-refractivity contribution in [1.29, 1.82) is 0 Å². The third-order valence-corrected chi connectivity index (χ3v) is 4.59. The molecule has 2 fully saturated rings. The van der Waals surface area contributed by atoms with E-state index in [4.69, 9.17) is 5.73 Å². The van der Waals surface area contributed by atoms with Crippen LogP contribution < -0.4 is 5.73 Å². The van der Waals surface area contributed by atoms with Crippen LogP contribution in [0.1, 0.15) is 30.9 Å². The molecule has 0 bridgehead atoms. The van der Waals surface area contributed by atoms with E-state index >= 15 is 0 Å². The van der Waals surface area contributed by atoms with Gasteiger partial charge >= 0.3 is 0 Å². The molecule has 2 aliphatic rings. The van der Waals surface area contributed by atoms with E-state index in [0.29, 0.717) is 6.04 Å². The second kappa shape index (κ2) is 4.80. The molecule has 1 atom stereocenters. The molecule has 2 N–H and O–H groups in total. The topological polar surface area (TPSA) is 72.9 Å². The molecule has 6 heteroatoms. The van der Waals surface area contributed by atoms with Crippen molar-refractivity contribution in [3.8, 4) is 11.4 Å². The van der Waals surface area contributed by atoms with Crippen LogP contribution in [0, 0.1) is 6.92 Å². The summed E-state index contributed by atoms with van der Waals surface area (Å²) in [4.78, 5) is 2.58. The molecular weight excluding hydrogens is 264 g/mol. The summed E-state index contributed by atoms with van der Waals surface area (Å²) in [6.45, 7) is 4.28. The van der Waals surface area contributed by atoms with Crippen LogP contribution in [0.5, 0.6) is 0 Å². The van der Waals surface area contributed by atoms with E-state index in [1.54, 1.807) is 0 Å². The number of likely N-dealkylation sites (tertiary alicyclic amines) is 1. The molecule has 1 aromatic heterocycles. The highest BCUT2D eigenvalue weighted by atomic mass is 15.6. The van der Waals surface area contributed by atoms with Gasteiger partial charge < -0.3 is 5.73 Å². The number of aryl methyl sites for hydroxylation is 1. The highest BCUT2D eigenvalue weighted by Crippen LogP contribution is 2.34. The lowest BCUT2D eigenvalue weighted by Crippen LogP contribution is -2.24. The van der Waals surface area contributed by atoms with E-state index in [1.165, 1.54) is 12.8 Å². The number of nitrogens with two attached hydrogens (primary N) is 1. The van der Waals surface area contributed by atoms with Gasteiger partial charge in [0.2, 0.25) is 0 Å². The maximum absolute atomic E-state index is 5.83. The molecule has 1 aromatic carbocycles. The van der Waals surface area contributed by atoms with Crippen LogP contribution in [0.25, 0.3) is 11.4 Å². The minimum Gasteiger partial charge on any atom is -0.399 e. The van der Waals surface area contributed by atoms with E-state index in [2.05, 4.69) is 27.3 Å². The SMILES string of the molecule is Cc1cc(N)ccc1-c1nnnn1C1CCN(C2CC2)C1. The van der Waals surface area contributed by atoms with Gasteiger partial charge in [0.05, 0.1) is 6.04 Å². The van der Waals surface area contributed by atoms with Gasteiger partial charge in [0.15, 0.2) is 5.82 Å². The van der Waals surface area contributed by atoms with Crippen molar-refractivity contribution in [3.05, 3.63) is 23.8 Å². The molecule has 2 aromatic rings. The number of hydrogen-bond acceptors (Lipinski definition) is 5. The quantitative estimate of drug-likeness (QED) is 0.867. The molecule has 0 spiro atoms. The molecule has 1 saturated carbocycles. The Morgan fingerprint density at radius 3 is 2.81 bits per heavy atom. The number of nitrogen functional groups attached to an aromatic ring is 1. The summed E-state index contributed by atoms with van der Waals surface area (Å²) in [5.74, 6) is 0.857. The molecule has 1 saturated heterocycles. The summed E-state index contributed by atoms with van der Waals surface area (Å²) in [6, 6.07) is 7.09. The molecule has 0 amide bonds. The average Bonchev–Trinajstić information content (AvgIpc) is 3.00. The second-order valence-electron chi connectivity index (χ2n) is 6.19. The van der Waals surface area contributed by atoms with Crippen LogP contribution in [0.2, 0.25) is 0 Å². The van der Waals surface area contributed by atoms with Gasteiger partial charge in [0, 0.05) is 30.4 Å². The molecule has 2 heterocycles. The van der Waals surface area contributed by atoms with Crippen LogP contribution in [0.4, 0.5) is 5.69 Å². The monoisotopic (exact) mass is 284 g/mol. The van der Waals surface area contributed by atoms with Gasteiger partial charge in [0.25, 0.3) is 0 Å². The number of tetrazole rings is 1. The summed E-state index contributed by atoms with van der Waals surface area (Å²) in [7, 11) is 0. The first-order valence-electron chi connectivity index (χ1n) is 7.61. The number of hydrogen-bond donors (Lipinski definition) is 1. The summed E-state index contributed by atoms with van der Waals surface area (Å²) in [6.07, 6.45) is 3.83. The van der Waals surface area contributed by atoms with Crippen molar-refractivity contribution in [2.24, 2.45) is 0 Å². The maximum atomic E-state index is 5.83. The van der Waals surface area contributed by atoms with Gasteiger partial charge in [-0.1, -0.05) is 0 Å². The minimum absolute atomic E-state index is 0.382. The predicted octanol–water partition coefficient (Wildman–Crippen LogP) is 1.64. The van der Waals surface area contributed by atoms with Crippen molar-refractivity contribution in [2.75, 3.05) is 18.8 Å². The van der Waals surface area contributed by atoms with Gasteiger partial charge in [0.1, 0.15) is 0 Å². The number of benzene rings is 1. The smallest absolute Gasteiger partial charge is 0.182 e. The molecule has 1 aliphatic carbocycles. The maximum Gasteiger partial charge on any atom is 0.182 e. The number of anilines is 1. The van der Waals surface area contributed by atoms with Crippen LogP contribution in [-0.2, 0) is 0 Å². The van der Waals surface area contributed by atoms with E-state index < -0.39 is 0 Å². The Kier molecular flexibility index (Phi) is 2.92. The highest BCUT2D eigenvalue weighted by Gasteiger charge is 2.36. The van der Waals surface area contributed by atoms with Crippen LogP contribution in [0.15, 0.2) is 18.2 Å². The van der Waals surface area contributed by atoms with Crippen molar-refractivity contribution in [1.82, 2.24) is 25.1 Å². The Morgan fingerprint density at radius 2 is 2.05 bits per heavy atom. The zero-order valence-corrected chi connectivity index (χ0v) is 12.2. The highest BCUT2D eigenvalue weighted by molar-refractivity contribution is 5.63. The van der Waals surface area contributed by atoms with Crippen molar-refractivity contribution < 1.29 is 0 Å². The first-order valence-corrected chi connectivity index (χ1v) is 7.61. The molecule has 1 unspecified atom stereocenters. The lowest BCUT2D eigenvalue weighted by Gasteiger charge is -2.16. The Balaban J connectivity index is 1.64. The predicted molar refractivity (Wildman–Crippen MR) is 80.7 cm³/mol. The van der Waals surface area contributed by atoms with Gasteiger partial charge in [-0.25, -0.2) is 4.68 Å². The zero-order valence-electron chi connectivity index (χ0n) is 12.2. The second-order valence-corrected chi connectivity index (χ2v) is 6.19. The van der Waals surface area contributed by atoms with Gasteiger partial charge in [-0.2, -0.15) is 0 Å². The summed E-state index contributed by atoms with van der Waals surface area (Å²) < 4.78 is 2.00. The Hall–Kier alpha value is -1.95. The normalized spacial score (nSPS) is 22.8. The molecule has 1 aliphatic heterocycles. The Morgan fingerprint density at radius 1 is 1.19 bits per heavy atom. The number of nitrogens with zero attached hydrogens (tertiary/aromatic N) is 5. The first kappa shape index (κ1) is 12.8. The zero-order chi connectivity index (χ0) is 14.4. The van der Waals surface area contributed by atoms with E-state index in [9.17, 15) is 0 Å². The third kappa shape index (κ3) is 2.29. The van der Waals surface area contributed by atoms with E-state index in [-0.39, 0.29) is 0 Å². The molecule has 21 heavy (non-hydrogen) atoms. The lowest BCUT2D eigenvalue weighted by molar-refractivity contribution is 0.309. The lowest BCUT2D eigenvalue weighted by atomic mass is 10.1. The standard InChI is InChI=1S/C15H20N6/c1-10-8-11(16)2-5-14(10)15-17-18-19-21(15)13-6-7-20(9-13)12-3-4-12/h2,5,8,12-13H,3-4,6-7,9,16H2,1H3. The number of rotatable bonds is 3. The van der Waals surface area contributed by atoms with Gasteiger partial charge in [-0.3, -0.25) is 4.90 Å². The number of aromatic nitrogens is 4. The van der Waals surface area contributed by atoms with Crippen LogP contribution >= 0.6 is 0 Å². The Labute approximate surface area is 123 Å². The summed E-state index contributed by atoms with van der Waals surface area (Å²) in [5, 5.41) is 12.4. The molecule has 0 radical (unpaired) electrons. The minimum atomic E-state index is 0.382. The van der Waals surface area contributed by atoms with Crippen molar-refractivity contribution >= 4 is 5.69 Å². The molecule has 6 nitrogen and oxygen atoms in total. The van der Waals surface area contributed by atoms with Gasteiger partial charge in [-0.15, -0.1) is 5.10 Å². The third-order valence-electron chi connectivity index (χ3n) is 4.59. The fourth-order valence-corrected chi connectivity index (χ4v) is 3.29. The molecule has 110 valence electrons. The van der Waals surface area contributed by atoms with Crippen molar-refractivity contribution in [2.45, 2.75) is 38.3 Å². The van der Waals surface area contributed by atoms with E-state index in [0.717, 1.165) is 48.2 Å². The first-order chi connectivity index (χ1) is 10.2. The summed E-state index contributed by atoms with van der Waals surface area (Å²) in [5.41, 5.74) is 8.79.